The molecule has 0 unspecified atom stereocenters. The number of primary amides is 1. The van der Waals surface area contributed by atoms with Crippen LogP contribution in [0.4, 0.5) is 11.4 Å². The lowest BCUT2D eigenvalue weighted by Crippen LogP contribution is -2.49. The molecule has 0 saturated heterocycles. The third kappa shape index (κ3) is 5.05. The van der Waals surface area contributed by atoms with Crippen LogP contribution >= 0.6 is 11.5 Å². The first-order valence-electron chi connectivity index (χ1n) is 11.8. The van der Waals surface area contributed by atoms with Crippen molar-refractivity contribution in [2.45, 2.75) is 39.3 Å². The zero-order valence-corrected chi connectivity index (χ0v) is 22.6. The van der Waals surface area contributed by atoms with E-state index in [1.165, 1.54) is 12.0 Å². The van der Waals surface area contributed by atoms with Crippen molar-refractivity contribution in [1.29, 1.82) is 0 Å². The molecule has 0 aliphatic heterocycles. The summed E-state index contributed by atoms with van der Waals surface area (Å²) in [5.74, 6) is -1.53. The van der Waals surface area contributed by atoms with Gasteiger partial charge >= 0.3 is 0 Å². The van der Waals surface area contributed by atoms with Crippen molar-refractivity contribution in [3.05, 3.63) is 70.4 Å². The first kappa shape index (κ1) is 26.7. The van der Waals surface area contributed by atoms with E-state index in [4.69, 9.17) is 16.2 Å². The Kier molecular flexibility index (Phi) is 7.14. The van der Waals surface area contributed by atoms with Crippen molar-refractivity contribution in [3.8, 4) is 5.75 Å². The second-order valence-corrected chi connectivity index (χ2v) is 10.7. The first-order valence-corrected chi connectivity index (χ1v) is 12.6. The number of nitrogens with zero attached hydrogens (tertiary/aromatic N) is 2. The molecule has 1 atom stereocenters. The highest BCUT2D eigenvalue weighted by Gasteiger charge is 2.39. The van der Waals surface area contributed by atoms with Crippen molar-refractivity contribution in [2.24, 2.45) is 5.73 Å². The molecule has 10 nitrogen and oxygen atoms in total. The average molecular weight is 535 g/mol. The van der Waals surface area contributed by atoms with Gasteiger partial charge in [-0.3, -0.25) is 19.3 Å². The number of fused-ring (bicyclic) bond motifs is 1. The number of anilines is 2. The first-order chi connectivity index (χ1) is 17.9. The number of aryl methyl sites for hydroxylation is 1. The lowest BCUT2D eigenvalue weighted by Gasteiger charge is -2.34. The summed E-state index contributed by atoms with van der Waals surface area (Å²) in [7, 11) is 1.49. The number of nitrogen functional groups attached to an aromatic ring is 1. The molecule has 4 rings (SSSR count). The van der Waals surface area contributed by atoms with E-state index in [0.717, 1.165) is 28.0 Å². The number of amides is 3. The Hall–Kier alpha value is -4.38. The molecule has 4 aromatic rings. The molecule has 2 heterocycles. The monoisotopic (exact) mass is 534 g/mol. The minimum Gasteiger partial charge on any atom is -0.495 e. The topological polar surface area (TPSA) is 156 Å². The number of para-hydroxylation sites is 1. The van der Waals surface area contributed by atoms with Gasteiger partial charge in [-0.2, -0.15) is 4.37 Å². The summed E-state index contributed by atoms with van der Waals surface area (Å²) in [4.78, 5) is 44.8. The van der Waals surface area contributed by atoms with Gasteiger partial charge in [0.2, 0.25) is 5.91 Å². The summed E-state index contributed by atoms with van der Waals surface area (Å²) < 4.78 is 9.63. The maximum Gasteiger partial charge on any atom is 0.273 e. The average Bonchev–Trinajstić information content (AvgIpc) is 3.44. The maximum atomic E-state index is 14.3. The molecule has 0 aliphatic carbocycles. The van der Waals surface area contributed by atoms with E-state index < -0.39 is 29.3 Å². The van der Waals surface area contributed by atoms with Crippen LogP contribution in [0.25, 0.3) is 10.9 Å². The normalized spacial score (nSPS) is 12.2. The molecule has 6 N–H and O–H groups in total. The van der Waals surface area contributed by atoms with Gasteiger partial charge in [0.25, 0.3) is 11.8 Å². The number of carbonyl (C=O) groups excluding carboxylic acids is 3. The van der Waals surface area contributed by atoms with E-state index in [9.17, 15) is 14.4 Å². The van der Waals surface area contributed by atoms with E-state index in [1.807, 2.05) is 58.0 Å². The Bertz CT molecular complexity index is 1530. The number of methoxy groups -OCH3 is 1. The number of nitrogens with two attached hydrogens (primary N) is 2. The van der Waals surface area contributed by atoms with Crippen LogP contribution in [0, 0.1) is 6.92 Å². The summed E-state index contributed by atoms with van der Waals surface area (Å²) in [5.41, 5.74) is 13.2. The Morgan fingerprint density at radius 3 is 2.50 bits per heavy atom. The molecule has 0 bridgehead atoms. The number of hydrogen-bond acceptors (Lipinski definition) is 7. The highest BCUT2D eigenvalue weighted by molar-refractivity contribution is 7.09. The summed E-state index contributed by atoms with van der Waals surface area (Å²) >= 11 is 0.749. The molecule has 0 spiro atoms. The number of rotatable bonds is 7. The number of hydrogen-bond donors (Lipinski definition) is 4. The molecule has 38 heavy (non-hydrogen) atoms. The summed E-state index contributed by atoms with van der Waals surface area (Å²) in [6.45, 7) is 7.44. The number of aromatic amines is 1. The van der Waals surface area contributed by atoms with Gasteiger partial charge in [-0.15, -0.1) is 0 Å². The lowest BCUT2D eigenvalue weighted by molar-refractivity contribution is -0.123. The fraction of sp³-hybridized carbons (Fsp3) is 0.259. The van der Waals surface area contributed by atoms with E-state index in [2.05, 4.69) is 14.7 Å². The summed E-state index contributed by atoms with van der Waals surface area (Å²) in [6, 6.07) is 11.7. The molecule has 198 valence electrons. The van der Waals surface area contributed by atoms with Crippen LogP contribution in [-0.2, 0) is 4.79 Å². The van der Waals surface area contributed by atoms with E-state index in [0.29, 0.717) is 17.0 Å². The number of aromatic nitrogens is 2. The predicted molar refractivity (Wildman–Crippen MR) is 149 cm³/mol. The molecule has 3 amide bonds. The Labute approximate surface area is 224 Å². The van der Waals surface area contributed by atoms with Crippen LogP contribution in [0.15, 0.2) is 48.7 Å². The van der Waals surface area contributed by atoms with Gasteiger partial charge in [0.1, 0.15) is 16.7 Å². The van der Waals surface area contributed by atoms with Crippen molar-refractivity contribution in [3.63, 3.8) is 0 Å². The minimum atomic E-state index is -1.15. The van der Waals surface area contributed by atoms with Crippen LogP contribution in [-0.4, -0.2) is 39.7 Å². The van der Waals surface area contributed by atoms with Crippen LogP contribution in [0.1, 0.15) is 58.1 Å². The number of nitrogens with one attached hydrogen (secondary N) is 2. The Balaban J connectivity index is 2.03. The highest BCUT2D eigenvalue weighted by Crippen LogP contribution is 2.40. The van der Waals surface area contributed by atoms with Gasteiger partial charge in [-0.05, 0) is 63.0 Å². The molecule has 2 aromatic carbocycles. The lowest BCUT2D eigenvalue weighted by atomic mass is 9.99. The van der Waals surface area contributed by atoms with Gasteiger partial charge in [0, 0.05) is 28.2 Å². The number of benzene rings is 2. The van der Waals surface area contributed by atoms with Gasteiger partial charge < -0.3 is 26.5 Å². The summed E-state index contributed by atoms with van der Waals surface area (Å²) in [5, 5.41) is 3.78. The number of H-pyrrole nitrogens is 1. The Morgan fingerprint density at radius 1 is 1.16 bits per heavy atom. The molecule has 0 saturated carbocycles. The van der Waals surface area contributed by atoms with Crippen molar-refractivity contribution < 1.29 is 19.1 Å². The maximum absolute atomic E-state index is 14.3. The van der Waals surface area contributed by atoms with Crippen LogP contribution in [0.3, 0.4) is 0 Å². The van der Waals surface area contributed by atoms with Gasteiger partial charge in [0.15, 0.2) is 5.69 Å². The Morgan fingerprint density at radius 2 is 1.87 bits per heavy atom. The fourth-order valence-electron chi connectivity index (χ4n) is 4.25. The zero-order valence-electron chi connectivity index (χ0n) is 21.8. The van der Waals surface area contributed by atoms with Crippen molar-refractivity contribution in [2.75, 3.05) is 17.7 Å². The van der Waals surface area contributed by atoms with Crippen molar-refractivity contribution >= 4 is 51.5 Å². The third-order valence-corrected chi connectivity index (χ3v) is 6.74. The number of carbonyl (C=O) groups is 3. The molecular weight excluding hydrogens is 504 g/mol. The van der Waals surface area contributed by atoms with Gasteiger partial charge in [-0.1, -0.05) is 24.3 Å². The molecule has 2 aromatic heterocycles. The molecule has 0 radical (unpaired) electrons. The smallest absolute Gasteiger partial charge is 0.273 e. The molecular formula is C27H30N6O4S. The molecule has 0 aliphatic rings. The second-order valence-electron chi connectivity index (χ2n) is 9.92. The quantitative estimate of drug-likeness (QED) is 0.281. The van der Waals surface area contributed by atoms with Crippen LogP contribution in [0.2, 0.25) is 0 Å². The van der Waals surface area contributed by atoms with Crippen LogP contribution in [0.5, 0.6) is 5.75 Å². The van der Waals surface area contributed by atoms with Gasteiger partial charge in [-0.25, -0.2) is 0 Å². The highest BCUT2D eigenvalue weighted by atomic mass is 32.1. The molecule has 0 fully saturated rings. The van der Waals surface area contributed by atoms with Crippen molar-refractivity contribution in [1.82, 2.24) is 14.7 Å². The summed E-state index contributed by atoms with van der Waals surface area (Å²) in [6.07, 6.45) is 1.71. The minimum absolute atomic E-state index is 0.0178. The third-order valence-electron chi connectivity index (χ3n) is 5.89. The van der Waals surface area contributed by atoms with Gasteiger partial charge in [0.05, 0.1) is 18.5 Å². The van der Waals surface area contributed by atoms with E-state index in [1.54, 1.807) is 18.3 Å². The fourth-order valence-corrected chi connectivity index (χ4v) is 4.99. The SMILES string of the molecule is COc1ccc(C)cc1N(C(=O)c1snc(C(N)=O)c1N)[C@@H](C(=O)NC(C)(C)C)c1c[nH]c2ccccc12. The van der Waals surface area contributed by atoms with E-state index in [-0.39, 0.29) is 16.3 Å². The largest absolute Gasteiger partial charge is 0.495 e. The van der Waals surface area contributed by atoms with E-state index >= 15 is 0 Å². The van der Waals surface area contributed by atoms with Crippen LogP contribution < -0.4 is 26.4 Å². The standard InChI is InChI=1S/C27H30N6O4S/c1-14-10-11-19(37-5)18(12-14)33(26(36)23-20(28)21(24(29)34)32-38-23)22(25(35)31-27(2,3)4)16-13-30-17-9-7-6-8-15(16)17/h6-13,22,30H,28H2,1-5H3,(H2,29,34)(H,31,35)/t22-/m1/s1. The number of ether oxygens (including phenoxy) is 1. The predicted octanol–water partition coefficient (Wildman–Crippen LogP) is 3.93. The zero-order chi connectivity index (χ0) is 27.8. The second kappa shape index (κ2) is 10.2. The molecule has 11 heteroatoms.